The molecule has 2 N–H and O–H groups in total. The zero-order chi connectivity index (χ0) is 19.7. The van der Waals surface area contributed by atoms with Gasteiger partial charge >= 0.3 is 5.97 Å². The maximum absolute atomic E-state index is 12.9. The van der Waals surface area contributed by atoms with Crippen LogP contribution in [-0.4, -0.2) is 27.9 Å². The smallest absolute Gasteiger partial charge is 0.349 e. The Morgan fingerprint density at radius 2 is 1.93 bits per heavy atom. The Morgan fingerprint density at radius 1 is 1.26 bits per heavy atom. The van der Waals surface area contributed by atoms with Crippen LogP contribution in [-0.2, 0) is 9.53 Å². The number of aromatic nitrogens is 2. The van der Waals surface area contributed by atoms with Crippen molar-refractivity contribution in [3.63, 3.8) is 0 Å². The minimum atomic E-state index is -1.08. The van der Waals surface area contributed by atoms with Crippen molar-refractivity contribution < 1.29 is 18.7 Å². The van der Waals surface area contributed by atoms with Crippen molar-refractivity contribution in [3.8, 4) is 0 Å². The predicted octanol–water partition coefficient (Wildman–Crippen LogP) is 2.92. The number of halogens is 1. The fraction of sp³-hybridized carbons (Fsp3) is 0.222. The first kappa shape index (κ1) is 18.7. The maximum atomic E-state index is 12.9. The minimum Gasteiger partial charge on any atom is -0.448 e. The van der Waals surface area contributed by atoms with Gasteiger partial charge in [-0.05, 0) is 50.6 Å². The summed E-state index contributed by atoms with van der Waals surface area (Å²) in [6, 6.07) is 5.22. The number of hydrogen-bond donors (Lipinski definition) is 2. The quantitative estimate of drug-likeness (QED) is 0.668. The SMILES string of the molecule is Cc1nc2sc(C(=O)OC(C)C(=O)Nc3ccc(F)cc3)c(C)c2c(=O)[nH]1. The van der Waals surface area contributed by atoms with Gasteiger partial charge in [0.05, 0.1) is 5.39 Å². The van der Waals surface area contributed by atoms with Gasteiger partial charge in [-0.25, -0.2) is 14.2 Å². The van der Waals surface area contributed by atoms with Gasteiger partial charge in [0.25, 0.3) is 11.5 Å². The number of nitrogens with zero attached hydrogens (tertiary/aromatic N) is 1. The normalized spacial score (nSPS) is 12.0. The second-order valence-corrected chi connectivity index (χ2v) is 6.93. The van der Waals surface area contributed by atoms with Gasteiger partial charge in [0.15, 0.2) is 6.10 Å². The highest BCUT2D eigenvalue weighted by molar-refractivity contribution is 7.20. The zero-order valence-electron chi connectivity index (χ0n) is 14.8. The molecule has 7 nitrogen and oxygen atoms in total. The monoisotopic (exact) mass is 389 g/mol. The van der Waals surface area contributed by atoms with E-state index >= 15 is 0 Å². The van der Waals surface area contributed by atoms with Gasteiger partial charge in [0.2, 0.25) is 0 Å². The van der Waals surface area contributed by atoms with E-state index in [1.165, 1.54) is 31.2 Å². The number of esters is 1. The van der Waals surface area contributed by atoms with Gasteiger partial charge in [-0.15, -0.1) is 11.3 Å². The van der Waals surface area contributed by atoms with Crippen LogP contribution in [0.3, 0.4) is 0 Å². The van der Waals surface area contributed by atoms with E-state index < -0.39 is 23.8 Å². The molecule has 140 valence electrons. The number of nitrogens with one attached hydrogen (secondary N) is 2. The fourth-order valence-electron chi connectivity index (χ4n) is 2.49. The second-order valence-electron chi connectivity index (χ2n) is 5.93. The number of amides is 1. The Labute approximate surface area is 157 Å². The largest absolute Gasteiger partial charge is 0.448 e. The van der Waals surface area contributed by atoms with Gasteiger partial charge in [-0.1, -0.05) is 0 Å². The summed E-state index contributed by atoms with van der Waals surface area (Å²) in [6.07, 6.45) is -1.08. The van der Waals surface area contributed by atoms with Crippen molar-refractivity contribution in [1.29, 1.82) is 0 Å². The Kier molecular flexibility index (Phi) is 5.04. The molecule has 1 aromatic carbocycles. The third-order valence-corrected chi connectivity index (χ3v) is 5.03. The van der Waals surface area contributed by atoms with Crippen molar-refractivity contribution in [3.05, 3.63) is 56.7 Å². The van der Waals surface area contributed by atoms with E-state index in [1.54, 1.807) is 13.8 Å². The molecule has 2 heterocycles. The van der Waals surface area contributed by atoms with Crippen molar-refractivity contribution in [2.75, 3.05) is 5.32 Å². The number of rotatable bonds is 4. The molecular formula is C18H16FN3O4S. The molecule has 0 aliphatic carbocycles. The lowest BCUT2D eigenvalue weighted by Gasteiger charge is -2.13. The van der Waals surface area contributed by atoms with Crippen molar-refractivity contribution in [2.45, 2.75) is 26.9 Å². The summed E-state index contributed by atoms with van der Waals surface area (Å²) in [4.78, 5) is 44.2. The third kappa shape index (κ3) is 3.87. The summed E-state index contributed by atoms with van der Waals surface area (Å²) < 4.78 is 18.1. The number of carbonyl (C=O) groups is 2. The summed E-state index contributed by atoms with van der Waals surface area (Å²) in [5.74, 6) is -1.25. The fourth-order valence-corrected chi connectivity index (χ4v) is 3.60. The lowest BCUT2D eigenvalue weighted by Crippen LogP contribution is -2.29. The third-order valence-electron chi connectivity index (χ3n) is 3.87. The Morgan fingerprint density at radius 3 is 2.59 bits per heavy atom. The number of H-pyrrole nitrogens is 1. The predicted molar refractivity (Wildman–Crippen MR) is 99.6 cm³/mol. The number of ether oxygens (including phenoxy) is 1. The molecule has 0 spiro atoms. The molecule has 1 amide bonds. The van der Waals surface area contributed by atoms with Gasteiger partial charge < -0.3 is 15.0 Å². The molecule has 0 fully saturated rings. The average molecular weight is 389 g/mol. The highest BCUT2D eigenvalue weighted by Crippen LogP contribution is 2.28. The zero-order valence-corrected chi connectivity index (χ0v) is 15.6. The van der Waals surface area contributed by atoms with Gasteiger partial charge in [0.1, 0.15) is 21.3 Å². The summed E-state index contributed by atoms with van der Waals surface area (Å²) in [6.45, 7) is 4.70. The van der Waals surface area contributed by atoms with Crippen molar-refractivity contribution >= 4 is 39.1 Å². The van der Waals surface area contributed by atoms with E-state index in [2.05, 4.69) is 15.3 Å². The summed E-state index contributed by atoms with van der Waals surface area (Å²) in [7, 11) is 0. The topological polar surface area (TPSA) is 101 Å². The molecule has 0 saturated heterocycles. The summed E-state index contributed by atoms with van der Waals surface area (Å²) in [5.41, 5.74) is 0.515. The number of aromatic amines is 1. The van der Waals surface area contributed by atoms with E-state index in [0.717, 1.165) is 11.3 Å². The first-order chi connectivity index (χ1) is 12.8. The number of hydrogen-bond acceptors (Lipinski definition) is 6. The number of carbonyl (C=O) groups excluding carboxylic acids is 2. The Balaban J connectivity index is 1.76. The number of benzene rings is 1. The highest BCUT2D eigenvalue weighted by atomic mass is 32.1. The van der Waals surface area contributed by atoms with Crippen LogP contribution in [0, 0.1) is 19.7 Å². The van der Waals surface area contributed by atoms with Crippen LogP contribution in [0.25, 0.3) is 10.2 Å². The van der Waals surface area contributed by atoms with Crippen LogP contribution in [0.1, 0.15) is 28.0 Å². The van der Waals surface area contributed by atoms with Gasteiger partial charge in [0, 0.05) is 5.69 Å². The molecule has 1 atom stereocenters. The molecule has 3 rings (SSSR count). The molecule has 9 heteroatoms. The highest BCUT2D eigenvalue weighted by Gasteiger charge is 2.24. The lowest BCUT2D eigenvalue weighted by atomic mass is 10.2. The molecule has 0 radical (unpaired) electrons. The number of aryl methyl sites for hydroxylation is 2. The van der Waals surface area contributed by atoms with Crippen molar-refractivity contribution in [2.24, 2.45) is 0 Å². The standard InChI is InChI=1S/C18H16FN3O4S/c1-8-13-16(24)20-10(3)21-17(13)27-14(8)18(25)26-9(2)15(23)22-12-6-4-11(19)5-7-12/h4-7,9H,1-3H3,(H,22,23)(H,20,21,24). The van der Waals surface area contributed by atoms with Crippen molar-refractivity contribution in [1.82, 2.24) is 9.97 Å². The molecule has 0 bridgehead atoms. The van der Waals surface area contributed by atoms with Crippen LogP contribution >= 0.6 is 11.3 Å². The molecular weight excluding hydrogens is 373 g/mol. The van der Waals surface area contributed by atoms with E-state index in [4.69, 9.17) is 4.74 Å². The molecule has 0 saturated carbocycles. The Hall–Kier alpha value is -3.07. The molecule has 3 aromatic rings. The number of thiophene rings is 1. The van der Waals surface area contributed by atoms with E-state index in [9.17, 15) is 18.8 Å². The van der Waals surface area contributed by atoms with E-state index in [1.807, 2.05) is 0 Å². The second kappa shape index (κ2) is 7.28. The first-order valence-electron chi connectivity index (χ1n) is 8.03. The first-order valence-corrected chi connectivity index (χ1v) is 8.85. The van der Waals surface area contributed by atoms with E-state index in [-0.39, 0.29) is 10.4 Å². The molecule has 27 heavy (non-hydrogen) atoms. The number of fused-ring (bicyclic) bond motifs is 1. The van der Waals surface area contributed by atoms with E-state index in [0.29, 0.717) is 27.3 Å². The summed E-state index contributed by atoms with van der Waals surface area (Å²) >= 11 is 1.04. The average Bonchev–Trinajstić information content (AvgIpc) is 2.93. The molecule has 0 aliphatic heterocycles. The van der Waals surface area contributed by atoms with Gasteiger partial charge in [-0.2, -0.15) is 0 Å². The minimum absolute atomic E-state index is 0.218. The van der Waals surface area contributed by atoms with Crippen LogP contribution in [0.4, 0.5) is 10.1 Å². The maximum Gasteiger partial charge on any atom is 0.349 e. The molecule has 0 aliphatic rings. The van der Waals surface area contributed by atoms with Crippen LogP contribution in [0.5, 0.6) is 0 Å². The van der Waals surface area contributed by atoms with Crippen LogP contribution in [0.15, 0.2) is 29.1 Å². The number of anilines is 1. The lowest BCUT2D eigenvalue weighted by molar-refractivity contribution is -0.123. The Bertz CT molecular complexity index is 1090. The molecule has 2 aromatic heterocycles. The van der Waals surface area contributed by atoms with Crippen LogP contribution < -0.4 is 10.9 Å². The summed E-state index contributed by atoms with van der Waals surface area (Å²) in [5, 5.41) is 2.87. The van der Waals surface area contributed by atoms with Gasteiger partial charge in [-0.3, -0.25) is 9.59 Å². The molecule has 1 unspecified atom stereocenters. The van der Waals surface area contributed by atoms with Crippen LogP contribution in [0.2, 0.25) is 0 Å².